The van der Waals surface area contributed by atoms with Crippen molar-refractivity contribution in [2.75, 3.05) is 17.2 Å². The largest absolute Gasteiger partial charge is 0.325 e. The molecule has 5 nitrogen and oxygen atoms in total. The van der Waals surface area contributed by atoms with Gasteiger partial charge in [0.1, 0.15) is 5.82 Å². The predicted octanol–water partition coefficient (Wildman–Crippen LogP) is 3.04. The van der Waals surface area contributed by atoms with Crippen LogP contribution in [-0.4, -0.2) is 24.4 Å². The number of nitrogens with one attached hydrogen (secondary N) is 3. The van der Waals surface area contributed by atoms with Gasteiger partial charge in [-0.3, -0.25) is 9.59 Å². The van der Waals surface area contributed by atoms with Crippen molar-refractivity contribution in [3.05, 3.63) is 24.0 Å². The average molecular weight is 333 g/mol. The molecule has 1 aromatic carbocycles. The van der Waals surface area contributed by atoms with Crippen LogP contribution in [-0.2, 0) is 9.59 Å². The number of carbonyl (C=O) groups is 2. The SMILES string of the molecule is O=C(Nc1cc(NC(=O)C2CCCN2)ccc1F)C1CCCCC1. The summed E-state index contributed by atoms with van der Waals surface area (Å²) in [6.07, 6.45) is 6.75. The third-order valence-corrected chi connectivity index (χ3v) is 4.84. The van der Waals surface area contributed by atoms with Crippen molar-refractivity contribution in [1.29, 1.82) is 0 Å². The first-order chi connectivity index (χ1) is 11.6. The summed E-state index contributed by atoms with van der Waals surface area (Å²) >= 11 is 0. The fraction of sp³-hybridized carbons (Fsp3) is 0.556. The summed E-state index contributed by atoms with van der Waals surface area (Å²) in [6.45, 7) is 0.838. The molecule has 2 fully saturated rings. The van der Waals surface area contributed by atoms with Gasteiger partial charge in [-0.15, -0.1) is 0 Å². The Bertz CT molecular complexity index is 608. The Morgan fingerprint density at radius 2 is 1.79 bits per heavy atom. The molecule has 24 heavy (non-hydrogen) atoms. The smallest absolute Gasteiger partial charge is 0.241 e. The van der Waals surface area contributed by atoms with Gasteiger partial charge in [-0.05, 0) is 50.4 Å². The molecule has 2 aliphatic rings. The maximum Gasteiger partial charge on any atom is 0.241 e. The lowest BCUT2D eigenvalue weighted by Gasteiger charge is -2.21. The van der Waals surface area contributed by atoms with Crippen molar-refractivity contribution in [3.8, 4) is 0 Å². The van der Waals surface area contributed by atoms with Crippen molar-refractivity contribution in [1.82, 2.24) is 5.32 Å². The summed E-state index contributed by atoms with van der Waals surface area (Å²) in [5, 5.41) is 8.59. The highest BCUT2D eigenvalue weighted by Crippen LogP contribution is 2.26. The zero-order valence-electron chi connectivity index (χ0n) is 13.7. The number of carbonyl (C=O) groups excluding carboxylic acids is 2. The Morgan fingerprint density at radius 1 is 1.00 bits per heavy atom. The third kappa shape index (κ3) is 4.12. The lowest BCUT2D eigenvalue weighted by Crippen LogP contribution is -2.35. The van der Waals surface area contributed by atoms with Gasteiger partial charge >= 0.3 is 0 Å². The van der Waals surface area contributed by atoms with Gasteiger partial charge in [0.15, 0.2) is 0 Å². The van der Waals surface area contributed by atoms with Gasteiger partial charge in [0.25, 0.3) is 0 Å². The first kappa shape index (κ1) is 16.9. The van der Waals surface area contributed by atoms with Gasteiger partial charge < -0.3 is 16.0 Å². The van der Waals surface area contributed by atoms with Gasteiger partial charge in [0.2, 0.25) is 11.8 Å². The van der Waals surface area contributed by atoms with Gasteiger partial charge in [0.05, 0.1) is 11.7 Å². The number of anilines is 2. The number of hydrogen-bond donors (Lipinski definition) is 3. The Balaban J connectivity index is 1.64. The lowest BCUT2D eigenvalue weighted by atomic mass is 9.88. The van der Waals surface area contributed by atoms with E-state index in [1.54, 1.807) is 0 Å². The molecular weight excluding hydrogens is 309 g/mol. The molecule has 2 amide bonds. The first-order valence-electron chi connectivity index (χ1n) is 8.78. The monoisotopic (exact) mass is 333 g/mol. The molecule has 0 aromatic heterocycles. The van der Waals surface area contributed by atoms with E-state index in [0.29, 0.717) is 5.69 Å². The van der Waals surface area contributed by atoms with E-state index in [1.807, 2.05) is 0 Å². The van der Waals surface area contributed by atoms with E-state index >= 15 is 0 Å². The van der Waals surface area contributed by atoms with E-state index < -0.39 is 5.82 Å². The minimum Gasteiger partial charge on any atom is -0.325 e. The molecule has 0 radical (unpaired) electrons. The van der Waals surface area contributed by atoms with Crippen molar-refractivity contribution < 1.29 is 14.0 Å². The van der Waals surface area contributed by atoms with Crippen LogP contribution < -0.4 is 16.0 Å². The Morgan fingerprint density at radius 3 is 2.50 bits per heavy atom. The zero-order chi connectivity index (χ0) is 16.9. The minimum atomic E-state index is -0.490. The lowest BCUT2D eigenvalue weighted by molar-refractivity contribution is -0.120. The second kappa shape index (κ2) is 7.75. The molecule has 1 unspecified atom stereocenters. The standard InChI is InChI=1S/C18H24FN3O2/c19-14-9-8-13(21-18(24)15-7-4-10-20-15)11-16(14)22-17(23)12-5-2-1-3-6-12/h8-9,11-12,15,20H,1-7,10H2,(H,21,24)(H,22,23). The second-order valence-electron chi connectivity index (χ2n) is 6.66. The van der Waals surface area contributed by atoms with Gasteiger partial charge in [-0.2, -0.15) is 0 Å². The van der Waals surface area contributed by atoms with E-state index in [0.717, 1.165) is 51.5 Å². The molecule has 0 bridgehead atoms. The van der Waals surface area contributed by atoms with Crippen LogP contribution in [0, 0.1) is 11.7 Å². The number of benzene rings is 1. The van der Waals surface area contributed by atoms with E-state index in [9.17, 15) is 14.0 Å². The quantitative estimate of drug-likeness (QED) is 0.793. The van der Waals surface area contributed by atoms with Crippen molar-refractivity contribution in [3.63, 3.8) is 0 Å². The average Bonchev–Trinajstić information content (AvgIpc) is 3.13. The third-order valence-electron chi connectivity index (χ3n) is 4.84. The molecule has 1 aromatic rings. The maximum absolute atomic E-state index is 14.0. The number of rotatable bonds is 4. The molecule has 0 spiro atoms. The molecule has 3 rings (SSSR count). The number of amides is 2. The predicted molar refractivity (Wildman–Crippen MR) is 91.3 cm³/mol. The molecular formula is C18H24FN3O2. The summed E-state index contributed by atoms with van der Waals surface area (Å²) < 4.78 is 14.0. The highest BCUT2D eigenvalue weighted by molar-refractivity contribution is 5.97. The molecule has 1 heterocycles. The van der Waals surface area contributed by atoms with E-state index in [-0.39, 0.29) is 29.5 Å². The summed E-state index contributed by atoms with van der Waals surface area (Å²) in [7, 11) is 0. The van der Waals surface area contributed by atoms with Crippen molar-refractivity contribution in [2.45, 2.75) is 51.0 Å². The summed E-state index contributed by atoms with van der Waals surface area (Å²) in [5.41, 5.74) is 0.622. The normalized spacial score (nSPS) is 21.5. The van der Waals surface area contributed by atoms with E-state index in [1.165, 1.54) is 18.2 Å². The second-order valence-corrected chi connectivity index (χ2v) is 6.66. The molecule has 1 aliphatic heterocycles. The van der Waals surface area contributed by atoms with Crippen LogP contribution in [0.25, 0.3) is 0 Å². The molecule has 130 valence electrons. The highest BCUT2D eigenvalue weighted by Gasteiger charge is 2.23. The Kier molecular flexibility index (Phi) is 5.45. The van der Waals surface area contributed by atoms with Crippen LogP contribution in [0.4, 0.5) is 15.8 Å². The van der Waals surface area contributed by atoms with Crippen LogP contribution in [0.2, 0.25) is 0 Å². The Labute approximate surface area is 141 Å². The zero-order valence-corrected chi connectivity index (χ0v) is 13.7. The topological polar surface area (TPSA) is 70.2 Å². The fourth-order valence-corrected chi connectivity index (χ4v) is 3.44. The fourth-order valence-electron chi connectivity index (χ4n) is 3.44. The van der Waals surface area contributed by atoms with Crippen molar-refractivity contribution in [2.24, 2.45) is 5.92 Å². The van der Waals surface area contributed by atoms with Crippen LogP contribution in [0.3, 0.4) is 0 Å². The molecule has 3 N–H and O–H groups in total. The van der Waals surface area contributed by atoms with Gasteiger partial charge in [-0.1, -0.05) is 19.3 Å². The van der Waals surface area contributed by atoms with Crippen LogP contribution in [0.5, 0.6) is 0 Å². The summed E-state index contributed by atoms with van der Waals surface area (Å²) in [6, 6.07) is 4.07. The summed E-state index contributed by atoms with van der Waals surface area (Å²) in [5.74, 6) is -0.784. The number of halogens is 1. The molecule has 1 saturated carbocycles. The van der Waals surface area contributed by atoms with E-state index in [2.05, 4.69) is 16.0 Å². The van der Waals surface area contributed by atoms with Gasteiger partial charge in [0, 0.05) is 11.6 Å². The van der Waals surface area contributed by atoms with Crippen LogP contribution in [0.1, 0.15) is 44.9 Å². The molecule has 1 atom stereocenters. The Hall–Kier alpha value is -1.95. The van der Waals surface area contributed by atoms with Crippen LogP contribution in [0.15, 0.2) is 18.2 Å². The van der Waals surface area contributed by atoms with Crippen LogP contribution >= 0.6 is 0 Å². The van der Waals surface area contributed by atoms with Crippen molar-refractivity contribution >= 4 is 23.2 Å². The molecule has 1 saturated heterocycles. The first-order valence-corrected chi connectivity index (χ1v) is 8.78. The maximum atomic E-state index is 14.0. The summed E-state index contributed by atoms with van der Waals surface area (Å²) in [4.78, 5) is 24.4. The molecule has 1 aliphatic carbocycles. The van der Waals surface area contributed by atoms with E-state index in [4.69, 9.17) is 0 Å². The minimum absolute atomic E-state index is 0.0425. The molecule has 6 heteroatoms. The highest BCUT2D eigenvalue weighted by atomic mass is 19.1. The number of hydrogen-bond acceptors (Lipinski definition) is 3. The van der Waals surface area contributed by atoms with Gasteiger partial charge in [-0.25, -0.2) is 4.39 Å².